The normalized spacial score (nSPS) is 12.1. The molecule has 4 aromatic carbocycles. The van der Waals surface area contributed by atoms with E-state index in [0.29, 0.717) is 66.0 Å². The Balaban J connectivity index is 1.46. The fourth-order valence-electron chi connectivity index (χ4n) is 6.18. The third-order valence-corrected chi connectivity index (χ3v) is 8.10. The van der Waals surface area contributed by atoms with Gasteiger partial charge in [0.15, 0.2) is 0 Å². The summed E-state index contributed by atoms with van der Waals surface area (Å²) in [5.41, 5.74) is 4.25. The van der Waals surface area contributed by atoms with Crippen LogP contribution in [-0.4, -0.2) is 44.9 Å². The molecule has 10 heteroatoms. The predicted octanol–water partition coefficient (Wildman–Crippen LogP) is 3.78. The minimum Gasteiger partial charge on any atom is -0.469 e. The molecule has 0 amide bonds. The fraction of sp³-hybridized carbons (Fsp3) is 0.125. The quantitative estimate of drug-likeness (QED) is 0.237. The molecule has 8 aromatic rings. The zero-order valence-electron chi connectivity index (χ0n) is 22.4. The second kappa shape index (κ2) is 8.43. The Morgan fingerprint density at radius 1 is 0.619 bits per heavy atom. The van der Waals surface area contributed by atoms with Gasteiger partial charge in [-0.15, -0.1) is 0 Å². The first-order valence-electron chi connectivity index (χ1n) is 13.2. The highest BCUT2D eigenvalue weighted by atomic mass is 16.5. The van der Waals surface area contributed by atoms with Crippen molar-refractivity contribution in [2.75, 3.05) is 14.2 Å². The number of pyridine rings is 2. The first-order valence-corrected chi connectivity index (χ1v) is 13.2. The molecule has 42 heavy (non-hydrogen) atoms. The molecule has 0 aliphatic rings. The topological polar surface area (TPSA) is 121 Å². The van der Waals surface area contributed by atoms with Crippen molar-refractivity contribution < 1.29 is 19.1 Å². The molecular formula is C32H20N4O6. The Hall–Kier alpha value is -5.64. The van der Waals surface area contributed by atoms with Crippen LogP contribution in [0.2, 0.25) is 0 Å². The second-order valence-corrected chi connectivity index (χ2v) is 10.4. The lowest BCUT2D eigenvalue weighted by Crippen LogP contribution is -2.16. The smallest absolute Gasteiger partial charge is 0.309 e. The summed E-state index contributed by atoms with van der Waals surface area (Å²) in [4.78, 5) is 61.3. The molecule has 8 rings (SSSR count). The van der Waals surface area contributed by atoms with Crippen molar-refractivity contribution in [3.8, 4) is 0 Å². The number of rotatable bonds is 4. The number of aromatic nitrogens is 4. The lowest BCUT2D eigenvalue weighted by molar-refractivity contribution is -0.140. The molecule has 0 saturated heterocycles. The number of nitrogens with zero attached hydrogens (tertiary/aromatic N) is 4. The molecule has 0 fully saturated rings. The number of methoxy groups -OCH3 is 2. The molecule has 4 aromatic heterocycles. The molecule has 0 atom stereocenters. The van der Waals surface area contributed by atoms with Crippen molar-refractivity contribution in [2.45, 2.75) is 12.8 Å². The van der Waals surface area contributed by atoms with E-state index in [1.165, 1.54) is 14.2 Å². The maximum absolute atomic E-state index is 14.0. The average Bonchev–Trinajstić information content (AvgIpc) is 3.57. The Bertz CT molecular complexity index is 2400. The van der Waals surface area contributed by atoms with Crippen LogP contribution in [0.3, 0.4) is 0 Å². The van der Waals surface area contributed by atoms with Gasteiger partial charge in [0.2, 0.25) is 0 Å². The summed E-state index contributed by atoms with van der Waals surface area (Å²) in [7, 11) is 2.67. The Labute approximate surface area is 235 Å². The summed E-state index contributed by atoms with van der Waals surface area (Å²) in [6.07, 6.45) is 0.153. The molecule has 10 nitrogen and oxygen atoms in total. The van der Waals surface area contributed by atoms with E-state index in [0.717, 1.165) is 10.8 Å². The minimum absolute atomic E-state index is 0.0767. The summed E-state index contributed by atoms with van der Waals surface area (Å²) in [6, 6.07) is 17.9. The highest BCUT2D eigenvalue weighted by molar-refractivity contribution is 6.27. The van der Waals surface area contributed by atoms with Gasteiger partial charge in [-0.3, -0.25) is 28.0 Å². The van der Waals surface area contributed by atoms with Crippen LogP contribution in [0.5, 0.6) is 0 Å². The zero-order chi connectivity index (χ0) is 28.9. The van der Waals surface area contributed by atoms with E-state index in [9.17, 15) is 19.2 Å². The van der Waals surface area contributed by atoms with Crippen molar-refractivity contribution in [3.05, 3.63) is 92.5 Å². The van der Waals surface area contributed by atoms with Gasteiger partial charge in [-0.2, -0.15) is 0 Å². The molecule has 0 unspecified atom stereocenters. The summed E-state index contributed by atoms with van der Waals surface area (Å²) < 4.78 is 12.7. The SMILES string of the molecule is COC(=O)Cc1ccc2nc3c4ccc5c6c(ccc(c(=O)n3c2c1)c46)c(=O)n1c2cc(CC(=O)OC)ccc2nc51. The van der Waals surface area contributed by atoms with Gasteiger partial charge in [-0.25, -0.2) is 9.97 Å². The molecule has 0 spiro atoms. The summed E-state index contributed by atoms with van der Waals surface area (Å²) >= 11 is 0. The number of carbonyl (C=O) groups excluding carboxylic acids is 2. The number of fused-ring (bicyclic) bond motifs is 8. The maximum Gasteiger partial charge on any atom is 0.309 e. The van der Waals surface area contributed by atoms with E-state index in [-0.39, 0.29) is 35.9 Å². The van der Waals surface area contributed by atoms with Crippen LogP contribution in [0.1, 0.15) is 11.1 Å². The number of benzene rings is 4. The Kier molecular flexibility index (Phi) is 4.85. The highest BCUT2D eigenvalue weighted by Gasteiger charge is 2.23. The largest absolute Gasteiger partial charge is 0.469 e. The molecule has 0 bridgehead atoms. The van der Waals surface area contributed by atoms with E-state index in [1.54, 1.807) is 57.3 Å². The minimum atomic E-state index is -0.376. The molecule has 0 saturated carbocycles. The number of hydrogen-bond acceptors (Lipinski definition) is 8. The van der Waals surface area contributed by atoms with E-state index >= 15 is 0 Å². The van der Waals surface area contributed by atoms with Crippen LogP contribution in [-0.2, 0) is 31.9 Å². The van der Waals surface area contributed by atoms with Gasteiger partial charge in [0.05, 0.1) is 49.1 Å². The van der Waals surface area contributed by atoms with Gasteiger partial charge in [0.25, 0.3) is 11.1 Å². The predicted molar refractivity (Wildman–Crippen MR) is 158 cm³/mol. The zero-order valence-corrected chi connectivity index (χ0v) is 22.4. The fourth-order valence-corrected chi connectivity index (χ4v) is 6.18. The summed E-state index contributed by atoms with van der Waals surface area (Å²) in [5.74, 6) is -0.752. The van der Waals surface area contributed by atoms with Crippen LogP contribution >= 0.6 is 0 Å². The molecule has 0 N–H and O–H groups in total. The Morgan fingerprint density at radius 3 is 1.43 bits per heavy atom. The third-order valence-electron chi connectivity index (χ3n) is 8.10. The lowest BCUT2D eigenvalue weighted by atomic mass is 9.96. The third kappa shape index (κ3) is 3.14. The molecule has 0 aliphatic heterocycles. The van der Waals surface area contributed by atoms with Gasteiger partial charge >= 0.3 is 11.9 Å². The van der Waals surface area contributed by atoms with Crippen molar-refractivity contribution in [1.82, 2.24) is 18.8 Å². The number of carbonyl (C=O) groups is 2. The van der Waals surface area contributed by atoms with Crippen molar-refractivity contribution in [1.29, 1.82) is 0 Å². The lowest BCUT2D eigenvalue weighted by Gasteiger charge is -2.12. The number of esters is 2. The summed E-state index contributed by atoms with van der Waals surface area (Å²) in [6.45, 7) is 0. The highest BCUT2D eigenvalue weighted by Crippen LogP contribution is 2.37. The molecule has 0 aliphatic carbocycles. The molecule has 4 heterocycles. The van der Waals surface area contributed by atoms with Crippen LogP contribution in [0, 0.1) is 0 Å². The number of ether oxygens (including phenoxy) is 2. The van der Waals surface area contributed by atoms with Crippen molar-refractivity contribution in [3.63, 3.8) is 0 Å². The standard InChI is InChI=1S/C32H20N4O6/c1-41-25(37)13-15-3-9-21-23(11-15)35-29(33-21)17-5-6-18-28-20(8-7-19(27(17)28)31(35)39)32(40)36-24-12-16(14-26(38)42-2)4-10-22(24)34-30(18)36/h3-12H,13-14H2,1-2H3. The molecular weight excluding hydrogens is 536 g/mol. The van der Waals surface area contributed by atoms with Crippen LogP contribution in [0.4, 0.5) is 0 Å². The second-order valence-electron chi connectivity index (χ2n) is 10.4. The van der Waals surface area contributed by atoms with Crippen molar-refractivity contribution in [2.24, 2.45) is 0 Å². The average molecular weight is 557 g/mol. The molecule has 204 valence electrons. The van der Waals surface area contributed by atoms with Gasteiger partial charge in [-0.05, 0) is 59.7 Å². The first kappa shape index (κ1) is 24.2. The van der Waals surface area contributed by atoms with Gasteiger partial charge in [0.1, 0.15) is 11.3 Å². The Morgan fingerprint density at radius 2 is 1.02 bits per heavy atom. The number of imidazole rings is 2. The first-order chi connectivity index (χ1) is 20.4. The van der Waals surface area contributed by atoms with Gasteiger partial charge in [0, 0.05) is 32.3 Å². The monoisotopic (exact) mass is 556 g/mol. The van der Waals surface area contributed by atoms with E-state index in [4.69, 9.17) is 19.4 Å². The number of hydrogen-bond donors (Lipinski definition) is 0. The van der Waals surface area contributed by atoms with Gasteiger partial charge in [-0.1, -0.05) is 12.1 Å². The van der Waals surface area contributed by atoms with Gasteiger partial charge < -0.3 is 9.47 Å². The van der Waals surface area contributed by atoms with Crippen molar-refractivity contribution >= 4 is 77.6 Å². The van der Waals surface area contributed by atoms with Crippen LogP contribution < -0.4 is 11.1 Å². The maximum atomic E-state index is 14.0. The molecule has 0 radical (unpaired) electrons. The summed E-state index contributed by atoms with van der Waals surface area (Å²) in [5, 5.41) is 3.68. The van der Waals surface area contributed by atoms with E-state index in [1.807, 2.05) is 12.1 Å². The van der Waals surface area contributed by atoms with Crippen LogP contribution in [0.15, 0.2) is 70.3 Å². The van der Waals surface area contributed by atoms with E-state index < -0.39 is 0 Å². The van der Waals surface area contributed by atoms with Crippen LogP contribution in [0.25, 0.3) is 65.7 Å². The van der Waals surface area contributed by atoms with E-state index in [2.05, 4.69) is 0 Å².